The lowest BCUT2D eigenvalue weighted by molar-refractivity contribution is -0.145. The Kier molecular flexibility index (Phi) is 8.12. The van der Waals surface area contributed by atoms with Gasteiger partial charge in [0, 0.05) is 13.5 Å². The van der Waals surface area contributed by atoms with Crippen LogP contribution in [0.1, 0.15) is 18.1 Å². The summed E-state index contributed by atoms with van der Waals surface area (Å²) in [6.45, 7) is 0.811. The third-order valence-electron chi connectivity index (χ3n) is 3.52. The Labute approximate surface area is 167 Å². The molecule has 0 saturated carbocycles. The second-order valence-electron chi connectivity index (χ2n) is 5.94. The monoisotopic (exact) mass is 395 g/mol. The zero-order chi connectivity index (χ0) is 21.1. The number of benzene rings is 2. The third-order valence-corrected chi connectivity index (χ3v) is 3.52. The molecule has 0 aliphatic heterocycles. The maximum absolute atomic E-state index is 12.2. The number of esters is 1. The summed E-state index contributed by atoms with van der Waals surface area (Å²) in [4.78, 5) is 47.1. The minimum absolute atomic E-state index is 0.120. The number of amides is 4. The van der Waals surface area contributed by atoms with E-state index in [4.69, 9.17) is 4.74 Å². The number of nitrogens with one attached hydrogen (secondary N) is 3. The van der Waals surface area contributed by atoms with Gasteiger partial charge >= 0.3 is 12.0 Å². The predicted octanol–water partition coefficient (Wildman–Crippen LogP) is 1.73. The number of carbonyl (C=O) groups is 4. The van der Waals surface area contributed by atoms with Crippen molar-refractivity contribution in [2.24, 2.45) is 0 Å². The molecule has 0 aliphatic rings. The highest BCUT2D eigenvalue weighted by Gasteiger charge is 2.16. The highest BCUT2D eigenvalue weighted by atomic mass is 16.5. The van der Waals surface area contributed by atoms with E-state index in [1.807, 2.05) is 30.3 Å². The Morgan fingerprint density at radius 3 is 2.14 bits per heavy atom. The van der Waals surface area contributed by atoms with Gasteiger partial charge in [0.1, 0.15) is 5.70 Å². The van der Waals surface area contributed by atoms with Gasteiger partial charge in [0.25, 0.3) is 5.91 Å². The maximum Gasteiger partial charge on any atom is 0.355 e. The molecular weight excluding hydrogens is 374 g/mol. The third kappa shape index (κ3) is 8.08. The van der Waals surface area contributed by atoms with Gasteiger partial charge in [0.15, 0.2) is 6.61 Å². The second kappa shape index (κ2) is 11.0. The molecule has 2 aromatic carbocycles. The average molecular weight is 395 g/mol. The van der Waals surface area contributed by atoms with E-state index >= 15 is 0 Å². The van der Waals surface area contributed by atoms with Gasteiger partial charge in [-0.25, -0.2) is 9.59 Å². The quantitative estimate of drug-likeness (QED) is 0.488. The Hall–Kier alpha value is -3.94. The van der Waals surface area contributed by atoms with Crippen molar-refractivity contribution < 1.29 is 23.9 Å². The van der Waals surface area contributed by atoms with Gasteiger partial charge in [-0.05, 0) is 17.2 Å². The van der Waals surface area contributed by atoms with Crippen molar-refractivity contribution in [3.8, 4) is 0 Å². The molecule has 0 spiro atoms. The molecular formula is C21H21N3O5. The summed E-state index contributed by atoms with van der Waals surface area (Å²) in [6.07, 6.45) is 1.42. The van der Waals surface area contributed by atoms with Gasteiger partial charge < -0.3 is 15.4 Å². The fourth-order valence-corrected chi connectivity index (χ4v) is 2.25. The molecule has 2 aromatic rings. The Morgan fingerprint density at radius 1 is 0.897 bits per heavy atom. The lowest BCUT2D eigenvalue weighted by Crippen LogP contribution is -2.41. The molecule has 0 saturated heterocycles. The van der Waals surface area contributed by atoms with Crippen LogP contribution in [-0.4, -0.2) is 30.4 Å². The van der Waals surface area contributed by atoms with Gasteiger partial charge in [-0.2, -0.15) is 0 Å². The van der Waals surface area contributed by atoms with Crippen LogP contribution in [0.2, 0.25) is 0 Å². The molecule has 0 aliphatic carbocycles. The van der Waals surface area contributed by atoms with Crippen molar-refractivity contribution in [2.75, 3.05) is 6.61 Å². The number of hydrogen-bond acceptors (Lipinski definition) is 5. The van der Waals surface area contributed by atoms with Gasteiger partial charge in [0.05, 0.1) is 0 Å². The van der Waals surface area contributed by atoms with E-state index in [-0.39, 0.29) is 12.2 Å². The molecule has 4 amide bonds. The highest BCUT2D eigenvalue weighted by molar-refractivity contribution is 6.00. The molecule has 0 atom stereocenters. The van der Waals surface area contributed by atoms with Crippen LogP contribution in [0.15, 0.2) is 66.4 Å². The standard InChI is InChI=1S/C21H21N3O5/c1-15(25)23-18(12-16-8-4-2-5-9-16)20(27)29-14-19(26)24-21(28)22-13-17-10-6-3-7-11-17/h2-12H,13-14H2,1H3,(H,23,25)(H2,22,24,26,28)/b18-12-. The number of ether oxygens (including phenoxy) is 1. The zero-order valence-corrected chi connectivity index (χ0v) is 15.8. The number of rotatable bonds is 7. The van der Waals surface area contributed by atoms with Crippen LogP contribution >= 0.6 is 0 Å². The highest BCUT2D eigenvalue weighted by Crippen LogP contribution is 2.06. The van der Waals surface area contributed by atoms with Crippen molar-refractivity contribution in [1.82, 2.24) is 16.0 Å². The van der Waals surface area contributed by atoms with Crippen LogP contribution in [-0.2, 0) is 25.7 Å². The fraction of sp³-hybridized carbons (Fsp3) is 0.143. The number of urea groups is 1. The van der Waals surface area contributed by atoms with E-state index in [0.717, 1.165) is 5.56 Å². The van der Waals surface area contributed by atoms with Crippen molar-refractivity contribution >= 4 is 29.9 Å². The Morgan fingerprint density at radius 2 is 1.52 bits per heavy atom. The Bertz CT molecular complexity index is 895. The first-order valence-corrected chi connectivity index (χ1v) is 8.77. The average Bonchev–Trinajstić information content (AvgIpc) is 2.71. The molecule has 0 radical (unpaired) electrons. The van der Waals surface area contributed by atoms with E-state index in [9.17, 15) is 19.2 Å². The van der Waals surface area contributed by atoms with E-state index in [0.29, 0.717) is 5.56 Å². The van der Waals surface area contributed by atoms with Crippen LogP contribution in [0.25, 0.3) is 6.08 Å². The summed E-state index contributed by atoms with van der Waals surface area (Å²) in [5.74, 6) is -2.16. The van der Waals surface area contributed by atoms with E-state index < -0.39 is 30.4 Å². The van der Waals surface area contributed by atoms with Crippen LogP contribution in [0.4, 0.5) is 4.79 Å². The first-order valence-electron chi connectivity index (χ1n) is 8.77. The second-order valence-corrected chi connectivity index (χ2v) is 5.94. The molecule has 8 heteroatoms. The van der Waals surface area contributed by atoms with E-state index in [1.54, 1.807) is 30.3 Å². The van der Waals surface area contributed by atoms with E-state index in [1.165, 1.54) is 13.0 Å². The Balaban J connectivity index is 1.85. The SMILES string of the molecule is CC(=O)N/C(=C\c1ccccc1)C(=O)OCC(=O)NC(=O)NCc1ccccc1. The lowest BCUT2D eigenvalue weighted by atomic mass is 10.2. The zero-order valence-electron chi connectivity index (χ0n) is 15.8. The number of hydrogen-bond donors (Lipinski definition) is 3. The molecule has 3 N–H and O–H groups in total. The predicted molar refractivity (Wildman–Crippen MR) is 106 cm³/mol. The van der Waals surface area contributed by atoms with Crippen molar-refractivity contribution in [3.05, 3.63) is 77.5 Å². The minimum Gasteiger partial charge on any atom is -0.451 e. The largest absolute Gasteiger partial charge is 0.451 e. The molecule has 8 nitrogen and oxygen atoms in total. The van der Waals surface area contributed by atoms with Crippen LogP contribution in [0.3, 0.4) is 0 Å². The summed E-state index contributed by atoms with van der Waals surface area (Å²) in [7, 11) is 0. The first kappa shape index (κ1) is 21.4. The minimum atomic E-state index is -0.899. The van der Waals surface area contributed by atoms with Gasteiger partial charge in [-0.15, -0.1) is 0 Å². The molecule has 0 fully saturated rings. The lowest BCUT2D eigenvalue weighted by Gasteiger charge is -2.10. The summed E-state index contributed by atoms with van der Waals surface area (Å²) >= 11 is 0. The van der Waals surface area contributed by atoms with Crippen molar-refractivity contribution in [3.63, 3.8) is 0 Å². The van der Waals surface area contributed by atoms with Gasteiger partial charge in [0.2, 0.25) is 5.91 Å². The number of imide groups is 1. The molecule has 0 unspecified atom stereocenters. The van der Waals surface area contributed by atoms with E-state index in [2.05, 4.69) is 16.0 Å². The topological polar surface area (TPSA) is 114 Å². The van der Waals surface area contributed by atoms with Crippen molar-refractivity contribution in [2.45, 2.75) is 13.5 Å². The molecule has 0 bridgehead atoms. The fourth-order valence-electron chi connectivity index (χ4n) is 2.25. The molecule has 0 heterocycles. The van der Waals surface area contributed by atoms with Crippen LogP contribution in [0.5, 0.6) is 0 Å². The van der Waals surface area contributed by atoms with Gasteiger partial charge in [-0.3, -0.25) is 14.9 Å². The molecule has 150 valence electrons. The maximum atomic E-state index is 12.2. The smallest absolute Gasteiger partial charge is 0.355 e. The summed E-state index contributed by atoms with van der Waals surface area (Å²) in [6, 6.07) is 17.3. The summed E-state index contributed by atoms with van der Waals surface area (Å²) in [5.41, 5.74) is 1.41. The van der Waals surface area contributed by atoms with Crippen LogP contribution < -0.4 is 16.0 Å². The first-order chi connectivity index (χ1) is 13.9. The molecule has 2 rings (SSSR count). The van der Waals surface area contributed by atoms with Crippen molar-refractivity contribution in [1.29, 1.82) is 0 Å². The molecule has 0 aromatic heterocycles. The van der Waals surface area contributed by atoms with Gasteiger partial charge in [-0.1, -0.05) is 60.7 Å². The number of carbonyl (C=O) groups excluding carboxylic acids is 4. The summed E-state index contributed by atoms with van der Waals surface area (Å²) in [5, 5.41) is 6.95. The molecule has 29 heavy (non-hydrogen) atoms. The normalized spacial score (nSPS) is 10.6. The summed E-state index contributed by atoms with van der Waals surface area (Å²) < 4.78 is 4.89. The van der Waals surface area contributed by atoms with Crippen LogP contribution in [0, 0.1) is 0 Å².